The van der Waals surface area contributed by atoms with Gasteiger partial charge in [-0.2, -0.15) is 0 Å². The van der Waals surface area contributed by atoms with Crippen molar-refractivity contribution in [2.75, 3.05) is 6.61 Å². The molecule has 92 valence electrons. The molecule has 2 rings (SSSR count). The summed E-state index contributed by atoms with van der Waals surface area (Å²) in [4.78, 5) is 10.9. The van der Waals surface area contributed by atoms with Crippen LogP contribution in [0.15, 0.2) is 18.2 Å². The van der Waals surface area contributed by atoms with Crippen LogP contribution in [0.25, 0.3) is 0 Å². The molecule has 0 unspecified atom stereocenters. The molecule has 7 heteroatoms. The summed E-state index contributed by atoms with van der Waals surface area (Å²) in [6, 6.07) is 5.08. The molecule has 1 aliphatic heterocycles. The predicted octanol–water partition coefficient (Wildman–Crippen LogP) is 3.48. The van der Waals surface area contributed by atoms with Gasteiger partial charge in [0.1, 0.15) is 12.2 Å². The summed E-state index contributed by atoms with van der Waals surface area (Å²) in [5.74, 6) is 0. The van der Waals surface area contributed by atoms with Crippen LogP contribution in [0.3, 0.4) is 0 Å². The summed E-state index contributed by atoms with van der Waals surface area (Å²) in [5, 5.41) is 9.90. The highest BCUT2D eigenvalue weighted by atomic mass is 35.5. The minimum atomic E-state index is -1.00. The van der Waals surface area contributed by atoms with E-state index in [9.17, 15) is 4.79 Å². The summed E-state index contributed by atoms with van der Waals surface area (Å²) < 4.78 is 6.26. The number of nitrogens with zero attached hydrogens (tertiary/aromatic N) is 1. The quantitative estimate of drug-likeness (QED) is 0.670. The molecule has 1 heterocycles. The van der Waals surface area contributed by atoms with Gasteiger partial charge in [-0.1, -0.05) is 29.3 Å². The Hall–Kier alpha value is -0.620. The van der Waals surface area contributed by atoms with Gasteiger partial charge in [-0.15, -0.1) is 0 Å². The second-order valence-corrected chi connectivity index (χ2v) is 5.17. The normalized spacial score (nSPS) is 19.6. The molecule has 1 aromatic rings. The van der Waals surface area contributed by atoms with Gasteiger partial charge in [0.05, 0.1) is 22.7 Å². The van der Waals surface area contributed by atoms with Crippen molar-refractivity contribution in [3.05, 3.63) is 33.8 Å². The first-order valence-corrected chi connectivity index (χ1v) is 6.29. The molecule has 4 nitrogen and oxygen atoms in total. The van der Waals surface area contributed by atoms with Crippen molar-refractivity contribution < 1.29 is 14.1 Å². The van der Waals surface area contributed by atoms with E-state index in [0.717, 1.165) is 17.8 Å². The molecule has 0 spiro atoms. The maximum atomic E-state index is 10.9. The molecule has 1 N–H and O–H groups in total. The topological polar surface area (TPSA) is 49.8 Å². The molecule has 0 bridgehead atoms. The van der Waals surface area contributed by atoms with Crippen LogP contribution < -0.4 is 0 Å². The molecule has 1 aromatic carbocycles. The fourth-order valence-corrected chi connectivity index (χ4v) is 2.54. The zero-order valence-corrected chi connectivity index (χ0v) is 10.9. The van der Waals surface area contributed by atoms with Crippen LogP contribution >= 0.6 is 35.4 Å². The van der Waals surface area contributed by atoms with E-state index in [-0.39, 0.29) is 6.04 Å². The molecule has 1 amide bonds. The monoisotopic (exact) mass is 293 g/mol. The molecule has 0 aliphatic carbocycles. The second-order valence-electron chi connectivity index (χ2n) is 3.57. The largest absolute Gasteiger partial charge is 0.464 e. The zero-order valence-electron chi connectivity index (χ0n) is 8.60. The van der Waals surface area contributed by atoms with Gasteiger partial charge in [-0.25, -0.2) is 9.10 Å². The van der Waals surface area contributed by atoms with Crippen LogP contribution in [-0.2, 0) is 10.6 Å². The van der Waals surface area contributed by atoms with Crippen LogP contribution in [0.2, 0.25) is 10.0 Å². The van der Waals surface area contributed by atoms with Gasteiger partial charge >= 0.3 is 6.09 Å². The Balaban J connectivity index is 2.09. The molecule has 0 aromatic heterocycles. The van der Waals surface area contributed by atoms with E-state index in [1.54, 1.807) is 12.1 Å². The number of hydrogen-bond donors (Lipinski definition) is 1. The van der Waals surface area contributed by atoms with Gasteiger partial charge in [-0.05, 0) is 24.1 Å². The Morgan fingerprint density at radius 2 is 2.29 bits per heavy atom. The molecule has 0 saturated carbocycles. The predicted molar refractivity (Wildman–Crippen MR) is 67.4 cm³/mol. The SMILES string of the molecule is O=C(O)N1SOC[C@@H]1Cc1ccc(Cl)c(Cl)c1. The first kappa shape index (κ1) is 12.8. The molecule has 17 heavy (non-hydrogen) atoms. The lowest BCUT2D eigenvalue weighted by atomic mass is 10.1. The van der Waals surface area contributed by atoms with Crippen molar-refractivity contribution in [3.63, 3.8) is 0 Å². The van der Waals surface area contributed by atoms with Crippen molar-refractivity contribution in [3.8, 4) is 0 Å². The third-order valence-corrected chi connectivity index (χ3v) is 3.96. The van der Waals surface area contributed by atoms with E-state index in [1.807, 2.05) is 6.07 Å². The lowest BCUT2D eigenvalue weighted by Crippen LogP contribution is -2.32. The highest BCUT2D eigenvalue weighted by Crippen LogP contribution is 2.29. The molecule has 1 atom stereocenters. The van der Waals surface area contributed by atoms with Gasteiger partial charge in [0.15, 0.2) is 0 Å². The minimum Gasteiger partial charge on any atom is -0.464 e. The van der Waals surface area contributed by atoms with Crippen LogP contribution in [0.4, 0.5) is 4.79 Å². The Bertz CT molecular complexity index is 444. The van der Waals surface area contributed by atoms with E-state index in [0.29, 0.717) is 23.1 Å². The molecule has 1 aliphatic rings. The first-order valence-electron chi connectivity index (χ1n) is 4.83. The Morgan fingerprint density at radius 3 is 2.94 bits per heavy atom. The maximum Gasteiger partial charge on any atom is 0.419 e. The summed E-state index contributed by atoms with van der Waals surface area (Å²) >= 11 is 12.6. The Labute approximate surface area is 113 Å². The number of benzene rings is 1. The van der Waals surface area contributed by atoms with Gasteiger partial charge in [-0.3, -0.25) is 4.18 Å². The molecular formula is C10H9Cl2NO3S. The van der Waals surface area contributed by atoms with Gasteiger partial charge < -0.3 is 5.11 Å². The average Bonchev–Trinajstić information content (AvgIpc) is 2.72. The lowest BCUT2D eigenvalue weighted by Gasteiger charge is -2.17. The van der Waals surface area contributed by atoms with E-state index in [4.69, 9.17) is 32.5 Å². The highest BCUT2D eigenvalue weighted by molar-refractivity contribution is 7.93. The molecule has 1 saturated heterocycles. The number of halogens is 2. The van der Waals surface area contributed by atoms with Crippen LogP contribution in [0, 0.1) is 0 Å². The Morgan fingerprint density at radius 1 is 1.53 bits per heavy atom. The lowest BCUT2D eigenvalue weighted by molar-refractivity contribution is 0.166. The first-order chi connectivity index (χ1) is 8.08. The fourth-order valence-electron chi connectivity index (χ4n) is 1.56. The molecule has 1 fully saturated rings. The van der Waals surface area contributed by atoms with Crippen molar-refractivity contribution in [2.24, 2.45) is 0 Å². The standard InChI is InChI=1S/C10H9Cl2NO3S/c11-8-2-1-6(4-9(8)12)3-7-5-16-17-13(7)10(14)15/h1-2,4,7H,3,5H2,(H,14,15)/t7-/m0/s1. The second kappa shape index (κ2) is 5.35. The zero-order chi connectivity index (χ0) is 12.4. The van der Waals surface area contributed by atoms with E-state index >= 15 is 0 Å². The van der Waals surface area contributed by atoms with Crippen LogP contribution in [0.1, 0.15) is 5.56 Å². The van der Waals surface area contributed by atoms with Crippen molar-refractivity contribution in [1.82, 2.24) is 4.31 Å². The summed E-state index contributed by atoms with van der Waals surface area (Å²) in [6.45, 7) is 0.372. The van der Waals surface area contributed by atoms with Gasteiger partial charge in [0.25, 0.3) is 0 Å². The van der Waals surface area contributed by atoms with Crippen molar-refractivity contribution in [1.29, 1.82) is 0 Å². The van der Waals surface area contributed by atoms with Crippen LogP contribution in [-0.4, -0.2) is 28.2 Å². The summed E-state index contributed by atoms with van der Waals surface area (Å²) in [6.07, 6.45) is -0.450. The minimum absolute atomic E-state index is 0.199. The van der Waals surface area contributed by atoms with E-state index < -0.39 is 6.09 Å². The van der Waals surface area contributed by atoms with Crippen LogP contribution in [0.5, 0.6) is 0 Å². The van der Waals surface area contributed by atoms with Gasteiger partial charge in [0.2, 0.25) is 0 Å². The average molecular weight is 294 g/mol. The third-order valence-electron chi connectivity index (χ3n) is 2.37. The number of rotatable bonds is 2. The molecular weight excluding hydrogens is 285 g/mol. The molecule has 0 radical (unpaired) electrons. The number of amides is 1. The summed E-state index contributed by atoms with van der Waals surface area (Å²) in [7, 11) is 0. The number of hydrogen-bond acceptors (Lipinski definition) is 3. The van der Waals surface area contributed by atoms with E-state index in [2.05, 4.69) is 0 Å². The Kier molecular flexibility index (Phi) is 4.04. The van der Waals surface area contributed by atoms with Gasteiger partial charge in [0, 0.05) is 0 Å². The van der Waals surface area contributed by atoms with Crippen molar-refractivity contribution >= 4 is 41.5 Å². The van der Waals surface area contributed by atoms with E-state index in [1.165, 1.54) is 4.31 Å². The number of carbonyl (C=O) groups is 1. The number of carboxylic acid groups (broad SMARTS) is 1. The fraction of sp³-hybridized carbons (Fsp3) is 0.300. The smallest absolute Gasteiger partial charge is 0.419 e. The maximum absolute atomic E-state index is 10.9. The third kappa shape index (κ3) is 2.98. The highest BCUT2D eigenvalue weighted by Gasteiger charge is 2.31. The summed E-state index contributed by atoms with van der Waals surface area (Å²) in [5.41, 5.74) is 0.932. The van der Waals surface area contributed by atoms with Crippen molar-refractivity contribution in [2.45, 2.75) is 12.5 Å².